The van der Waals surface area contributed by atoms with Crippen molar-refractivity contribution in [3.8, 4) is 0 Å². The Hall–Kier alpha value is -2.64. The van der Waals surface area contributed by atoms with Crippen molar-refractivity contribution in [1.29, 1.82) is 0 Å². The van der Waals surface area contributed by atoms with E-state index in [-0.39, 0.29) is 11.3 Å². The van der Waals surface area contributed by atoms with Gasteiger partial charge in [-0.1, -0.05) is 74.6 Å². The topological polar surface area (TPSA) is 68.0 Å². The van der Waals surface area contributed by atoms with Crippen LogP contribution in [0.3, 0.4) is 0 Å². The zero-order valence-electron chi connectivity index (χ0n) is 17.8. The second kappa shape index (κ2) is 9.24. The lowest BCUT2D eigenvalue weighted by molar-refractivity contribution is -0.115. The molecule has 0 aliphatic heterocycles. The van der Waals surface area contributed by atoms with Gasteiger partial charge in [-0.3, -0.25) is 4.79 Å². The van der Waals surface area contributed by atoms with Gasteiger partial charge in [0.25, 0.3) is 0 Å². The van der Waals surface area contributed by atoms with Crippen LogP contribution >= 0.6 is 23.1 Å². The van der Waals surface area contributed by atoms with Crippen molar-refractivity contribution in [2.24, 2.45) is 5.41 Å². The first-order chi connectivity index (χ1) is 14.9. The van der Waals surface area contributed by atoms with Crippen molar-refractivity contribution in [3.05, 3.63) is 72.1 Å². The highest BCUT2D eigenvalue weighted by molar-refractivity contribution is 8.00. The van der Waals surface area contributed by atoms with E-state index in [1.807, 2.05) is 36.5 Å². The summed E-state index contributed by atoms with van der Waals surface area (Å²) in [5.74, 6) is 2.19. The maximum Gasteiger partial charge on any atom is 0.230 e. The number of aromatic nitrogens is 2. The molecule has 160 valence electrons. The average Bonchev–Trinajstić information content (AvgIpc) is 3.34. The summed E-state index contributed by atoms with van der Waals surface area (Å²) in [5.41, 5.74) is 1.18. The molecule has 4 aromatic rings. The molecule has 1 N–H and O–H groups in total. The standard InChI is InChI=1S/C24H25N3O2S2/c1-24(2,3)12-18-13-25-21(29-18)15-30-22-14-26-23(31-22)27-20(28)11-17-9-6-8-16-7-4-5-10-19(16)17/h4-10,13-14H,11-12,15H2,1-3H3,(H,26,27,28). The van der Waals surface area contributed by atoms with E-state index in [1.54, 1.807) is 18.0 Å². The summed E-state index contributed by atoms with van der Waals surface area (Å²) in [4.78, 5) is 21.3. The molecule has 2 aromatic heterocycles. The predicted octanol–water partition coefficient (Wildman–Crippen LogP) is 6.35. The molecule has 31 heavy (non-hydrogen) atoms. The van der Waals surface area contributed by atoms with Crippen LogP contribution in [0.5, 0.6) is 0 Å². The number of nitrogens with zero attached hydrogens (tertiary/aromatic N) is 2. The number of benzene rings is 2. The van der Waals surface area contributed by atoms with Crippen molar-refractivity contribution in [3.63, 3.8) is 0 Å². The molecule has 0 bridgehead atoms. The van der Waals surface area contributed by atoms with Gasteiger partial charge in [-0.05, 0) is 21.8 Å². The number of thiazole rings is 1. The first kappa shape index (κ1) is 21.6. The normalized spacial score (nSPS) is 11.7. The number of amides is 1. The molecule has 4 rings (SSSR count). The highest BCUT2D eigenvalue weighted by Crippen LogP contribution is 2.31. The molecule has 0 aliphatic carbocycles. The number of hydrogen-bond donors (Lipinski definition) is 1. The first-order valence-corrected chi connectivity index (χ1v) is 11.9. The van der Waals surface area contributed by atoms with Gasteiger partial charge < -0.3 is 9.73 Å². The van der Waals surface area contributed by atoms with Gasteiger partial charge in [-0.2, -0.15) is 0 Å². The van der Waals surface area contributed by atoms with Gasteiger partial charge in [0.05, 0.1) is 28.8 Å². The molecule has 0 saturated heterocycles. The van der Waals surface area contributed by atoms with Gasteiger partial charge in [0.15, 0.2) is 5.13 Å². The van der Waals surface area contributed by atoms with Crippen LogP contribution in [0.25, 0.3) is 10.8 Å². The maximum atomic E-state index is 12.6. The van der Waals surface area contributed by atoms with Crippen LogP contribution in [0, 0.1) is 5.41 Å². The summed E-state index contributed by atoms with van der Waals surface area (Å²) in [7, 11) is 0. The van der Waals surface area contributed by atoms with Crippen LogP contribution < -0.4 is 5.32 Å². The van der Waals surface area contributed by atoms with E-state index in [0.29, 0.717) is 23.2 Å². The van der Waals surface area contributed by atoms with E-state index in [1.165, 1.54) is 11.3 Å². The largest absolute Gasteiger partial charge is 0.445 e. The molecule has 7 heteroatoms. The fourth-order valence-corrected chi connectivity index (χ4v) is 5.06. The SMILES string of the molecule is CC(C)(C)Cc1cnc(CSc2cnc(NC(=O)Cc3cccc4ccccc34)s2)o1. The number of nitrogens with one attached hydrogen (secondary N) is 1. The van der Waals surface area contributed by atoms with Gasteiger partial charge in [-0.25, -0.2) is 9.97 Å². The van der Waals surface area contributed by atoms with Gasteiger partial charge >= 0.3 is 0 Å². The van der Waals surface area contributed by atoms with E-state index >= 15 is 0 Å². The van der Waals surface area contributed by atoms with Crippen molar-refractivity contribution >= 4 is 44.9 Å². The summed E-state index contributed by atoms with van der Waals surface area (Å²) < 4.78 is 6.85. The van der Waals surface area contributed by atoms with Gasteiger partial charge in [0, 0.05) is 6.42 Å². The number of fused-ring (bicyclic) bond motifs is 1. The third-order valence-corrected chi connectivity index (χ3v) is 6.70. The molecule has 5 nitrogen and oxygen atoms in total. The number of carbonyl (C=O) groups is 1. The molecule has 0 radical (unpaired) electrons. The Morgan fingerprint density at radius 3 is 2.74 bits per heavy atom. The lowest BCUT2D eigenvalue weighted by Gasteiger charge is -2.15. The minimum absolute atomic E-state index is 0.0678. The van der Waals surface area contributed by atoms with E-state index in [4.69, 9.17) is 4.42 Å². The number of rotatable bonds is 7. The van der Waals surface area contributed by atoms with Crippen molar-refractivity contribution < 1.29 is 9.21 Å². The van der Waals surface area contributed by atoms with Gasteiger partial charge in [0.2, 0.25) is 11.8 Å². The summed E-state index contributed by atoms with van der Waals surface area (Å²) in [6.07, 6.45) is 4.77. The summed E-state index contributed by atoms with van der Waals surface area (Å²) >= 11 is 3.07. The van der Waals surface area contributed by atoms with Gasteiger partial charge in [-0.15, -0.1) is 11.8 Å². The minimum Gasteiger partial charge on any atom is -0.445 e. The molecule has 0 spiro atoms. The molecule has 0 atom stereocenters. The molecule has 0 unspecified atom stereocenters. The molecule has 0 aliphatic rings. The maximum absolute atomic E-state index is 12.6. The number of anilines is 1. The highest BCUT2D eigenvalue weighted by Gasteiger charge is 2.15. The molecular formula is C24H25N3O2S2. The Kier molecular flexibility index (Phi) is 6.43. The van der Waals surface area contributed by atoms with Crippen molar-refractivity contribution in [2.75, 3.05) is 5.32 Å². The Morgan fingerprint density at radius 1 is 1.10 bits per heavy atom. The zero-order chi connectivity index (χ0) is 21.8. The lowest BCUT2D eigenvalue weighted by Crippen LogP contribution is -2.14. The van der Waals surface area contributed by atoms with Crippen LogP contribution in [0.4, 0.5) is 5.13 Å². The molecule has 2 heterocycles. The third kappa shape index (κ3) is 5.95. The summed E-state index contributed by atoms with van der Waals surface area (Å²) in [6.45, 7) is 6.53. The molecular weight excluding hydrogens is 426 g/mol. The third-order valence-electron chi connectivity index (χ3n) is 4.61. The van der Waals surface area contributed by atoms with Crippen LogP contribution in [0.15, 0.2) is 63.5 Å². The fourth-order valence-electron chi connectivity index (χ4n) is 3.32. The molecule has 2 aromatic carbocycles. The van der Waals surface area contributed by atoms with Crippen LogP contribution in [-0.2, 0) is 23.4 Å². The fraction of sp³-hybridized carbons (Fsp3) is 0.292. The minimum atomic E-state index is -0.0678. The van der Waals surface area contributed by atoms with E-state index in [0.717, 1.165) is 32.7 Å². The van der Waals surface area contributed by atoms with Crippen molar-refractivity contribution in [2.45, 2.75) is 43.6 Å². The van der Waals surface area contributed by atoms with Crippen LogP contribution in [0.1, 0.15) is 38.0 Å². The molecule has 1 amide bonds. The Balaban J connectivity index is 1.32. The van der Waals surface area contributed by atoms with Crippen molar-refractivity contribution in [1.82, 2.24) is 9.97 Å². The smallest absolute Gasteiger partial charge is 0.230 e. The Bertz CT molecular complexity index is 1190. The zero-order valence-corrected chi connectivity index (χ0v) is 19.5. The quantitative estimate of drug-likeness (QED) is 0.332. The Morgan fingerprint density at radius 2 is 1.90 bits per heavy atom. The number of carbonyl (C=O) groups excluding carboxylic acids is 1. The first-order valence-electron chi connectivity index (χ1n) is 10.1. The highest BCUT2D eigenvalue weighted by atomic mass is 32.2. The summed E-state index contributed by atoms with van der Waals surface area (Å²) in [5, 5.41) is 5.77. The Labute approximate surface area is 190 Å². The molecule has 0 fully saturated rings. The van der Waals surface area contributed by atoms with Crippen LogP contribution in [0.2, 0.25) is 0 Å². The predicted molar refractivity (Wildman–Crippen MR) is 128 cm³/mol. The molecule has 0 saturated carbocycles. The van der Waals surface area contributed by atoms with Gasteiger partial charge in [0.1, 0.15) is 5.76 Å². The second-order valence-electron chi connectivity index (χ2n) is 8.59. The second-order valence-corrected chi connectivity index (χ2v) is 10.9. The van der Waals surface area contributed by atoms with Crippen LogP contribution in [-0.4, -0.2) is 15.9 Å². The average molecular weight is 452 g/mol. The van der Waals surface area contributed by atoms with E-state index in [2.05, 4.69) is 48.2 Å². The summed E-state index contributed by atoms with van der Waals surface area (Å²) in [6, 6.07) is 14.1. The number of hydrogen-bond acceptors (Lipinski definition) is 6. The number of thioether (sulfide) groups is 1. The van der Waals surface area contributed by atoms with E-state index < -0.39 is 0 Å². The lowest BCUT2D eigenvalue weighted by atomic mass is 9.91. The number of oxazole rings is 1. The monoisotopic (exact) mass is 451 g/mol. The van der Waals surface area contributed by atoms with E-state index in [9.17, 15) is 4.79 Å².